The Morgan fingerprint density at radius 2 is 2.11 bits per heavy atom. The Balaban J connectivity index is 2.61. The van der Waals surface area contributed by atoms with E-state index >= 15 is 0 Å². The van der Waals surface area contributed by atoms with E-state index in [0.29, 0.717) is 12.1 Å². The number of primary amides is 1. The molecule has 0 fully saturated rings. The molecule has 1 aromatic heterocycles. The first-order valence-electron chi connectivity index (χ1n) is 5.32. The maximum atomic E-state index is 11.7. The standard InChI is InChI=1S/C10H16N4O4/c1-13-6-7(8(15)14(2)10(13)17)5-12-3-4-18-9(11)16/h6,12H,3-5H2,1-2H3,(H2,11,16). The highest BCUT2D eigenvalue weighted by molar-refractivity contribution is 5.64. The third kappa shape index (κ3) is 3.45. The van der Waals surface area contributed by atoms with E-state index < -0.39 is 6.09 Å². The van der Waals surface area contributed by atoms with Gasteiger partial charge in [0.2, 0.25) is 0 Å². The Hall–Kier alpha value is -2.09. The van der Waals surface area contributed by atoms with Crippen molar-refractivity contribution >= 4 is 6.09 Å². The topological polar surface area (TPSA) is 108 Å². The zero-order valence-electron chi connectivity index (χ0n) is 10.3. The fourth-order valence-electron chi connectivity index (χ4n) is 1.45. The molecule has 0 saturated carbocycles. The normalized spacial score (nSPS) is 10.3. The van der Waals surface area contributed by atoms with Crippen LogP contribution in [-0.2, 0) is 25.4 Å². The van der Waals surface area contributed by atoms with Crippen molar-refractivity contribution in [3.63, 3.8) is 0 Å². The number of hydrogen-bond donors (Lipinski definition) is 2. The molecule has 1 rings (SSSR count). The maximum absolute atomic E-state index is 11.7. The van der Waals surface area contributed by atoms with Gasteiger partial charge in [-0.25, -0.2) is 9.59 Å². The molecular weight excluding hydrogens is 240 g/mol. The molecule has 3 N–H and O–H groups in total. The maximum Gasteiger partial charge on any atom is 0.404 e. The number of carbonyl (C=O) groups is 1. The molecular formula is C10H16N4O4. The zero-order valence-corrected chi connectivity index (χ0v) is 10.3. The van der Waals surface area contributed by atoms with Crippen molar-refractivity contribution in [2.45, 2.75) is 6.54 Å². The largest absolute Gasteiger partial charge is 0.448 e. The summed E-state index contributed by atoms with van der Waals surface area (Å²) in [5.74, 6) is 0. The van der Waals surface area contributed by atoms with Crippen LogP contribution in [0.4, 0.5) is 4.79 Å². The van der Waals surface area contributed by atoms with Crippen LogP contribution in [0.3, 0.4) is 0 Å². The van der Waals surface area contributed by atoms with Crippen molar-refractivity contribution in [3.8, 4) is 0 Å². The summed E-state index contributed by atoms with van der Waals surface area (Å²) in [6.45, 7) is 0.777. The van der Waals surface area contributed by atoms with Crippen LogP contribution in [-0.4, -0.2) is 28.4 Å². The third-order valence-corrected chi connectivity index (χ3v) is 2.36. The number of amides is 1. The number of carbonyl (C=O) groups excluding carboxylic acids is 1. The van der Waals surface area contributed by atoms with Crippen LogP contribution in [0.1, 0.15) is 5.56 Å². The van der Waals surface area contributed by atoms with Crippen LogP contribution in [0, 0.1) is 0 Å². The molecule has 100 valence electrons. The van der Waals surface area contributed by atoms with Gasteiger partial charge in [-0.2, -0.15) is 0 Å². The van der Waals surface area contributed by atoms with Gasteiger partial charge in [0.15, 0.2) is 0 Å². The number of nitrogens with two attached hydrogens (primary N) is 1. The molecule has 1 amide bonds. The van der Waals surface area contributed by atoms with Gasteiger partial charge in [0.25, 0.3) is 5.56 Å². The highest BCUT2D eigenvalue weighted by Crippen LogP contribution is 1.86. The smallest absolute Gasteiger partial charge is 0.404 e. The van der Waals surface area contributed by atoms with Crippen LogP contribution in [0.25, 0.3) is 0 Å². The van der Waals surface area contributed by atoms with E-state index in [-0.39, 0.29) is 24.4 Å². The Morgan fingerprint density at radius 1 is 1.44 bits per heavy atom. The van der Waals surface area contributed by atoms with Gasteiger partial charge in [-0.1, -0.05) is 0 Å². The molecule has 0 spiro atoms. The summed E-state index contributed by atoms with van der Waals surface area (Å²) >= 11 is 0. The molecule has 0 atom stereocenters. The molecule has 0 saturated heterocycles. The minimum atomic E-state index is -0.838. The van der Waals surface area contributed by atoms with Gasteiger partial charge in [0.1, 0.15) is 6.61 Å². The molecule has 1 aromatic rings. The average Bonchev–Trinajstić information content (AvgIpc) is 2.32. The first-order valence-corrected chi connectivity index (χ1v) is 5.32. The Bertz CT molecular complexity index is 546. The van der Waals surface area contributed by atoms with Gasteiger partial charge in [-0.05, 0) is 0 Å². The Morgan fingerprint density at radius 3 is 2.72 bits per heavy atom. The van der Waals surface area contributed by atoms with Gasteiger partial charge in [0, 0.05) is 38.9 Å². The number of rotatable bonds is 5. The van der Waals surface area contributed by atoms with Crippen molar-refractivity contribution in [1.82, 2.24) is 14.5 Å². The molecule has 8 heteroatoms. The molecule has 1 heterocycles. The molecule has 18 heavy (non-hydrogen) atoms. The van der Waals surface area contributed by atoms with Crippen molar-refractivity contribution in [1.29, 1.82) is 0 Å². The van der Waals surface area contributed by atoms with Crippen molar-refractivity contribution in [2.75, 3.05) is 13.2 Å². The van der Waals surface area contributed by atoms with Crippen molar-refractivity contribution < 1.29 is 9.53 Å². The van der Waals surface area contributed by atoms with E-state index in [2.05, 4.69) is 10.1 Å². The summed E-state index contributed by atoms with van der Waals surface area (Å²) in [5, 5.41) is 2.91. The van der Waals surface area contributed by atoms with Crippen LogP contribution < -0.4 is 22.3 Å². The summed E-state index contributed by atoms with van der Waals surface area (Å²) in [4.78, 5) is 33.4. The lowest BCUT2D eigenvalue weighted by molar-refractivity contribution is 0.157. The molecule has 0 aliphatic rings. The lowest BCUT2D eigenvalue weighted by Gasteiger charge is -2.07. The molecule has 0 aliphatic carbocycles. The van der Waals surface area contributed by atoms with E-state index in [4.69, 9.17) is 5.73 Å². The molecule has 0 aromatic carbocycles. The number of ether oxygens (including phenoxy) is 1. The molecule has 8 nitrogen and oxygen atoms in total. The van der Waals surface area contributed by atoms with E-state index in [0.717, 1.165) is 4.57 Å². The summed E-state index contributed by atoms with van der Waals surface area (Å²) < 4.78 is 6.88. The summed E-state index contributed by atoms with van der Waals surface area (Å²) in [7, 11) is 2.99. The number of nitrogens with zero attached hydrogens (tertiary/aromatic N) is 2. The summed E-state index contributed by atoms with van der Waals surface area (Å²) in [6, 6.07) is 0. The predicted molar refractivity (Wildman–Crippen MR) is 64.2 cm³/mol. The van der Waals surface area contributed by atoms with Gasteiger partial charge >= 0.3 is 11.8 Å². The minimum Gasteiger partial charge on any atom is -0.448 e. The summed E-state index contributed by atoms with van der Waals surface area (Å²) in [5.41, 5.74) is 4.52. The van der Waals surface area contributed by atoms with E-state index in [1.807, 2.05) is 0 Å². The van der Waals surface area contributed by atoms with Crippen LogP contribution in [0.2, 0.25) is 0 Å². The highest BCUT2D eigenvalue weighted by Gasteiger charge is 2.06. The zero-order chi connectivity index (χ0) is 13.7. The second kappa shape index (κ2) is 6.01. The average molecular weight is 256 g/mol. The monoisotopic (exact) mass is 256 g/mol. The number of hydrogen-bond acceptors (Lipinski definition) is 5. The van der Waals surface area contributed by atoms with Gasteiger partial charge < -0.3 is 20.4 Å². The van der Waals surface area contributed by atoms with Crippen molar-refractivity contribution in [3.05, 3.63) is 32.6 Å². The van der Waals surface area contributed by atoms with Crippen LogP contribution in [0.5, 0.6) is 0 Å². The van der Waals surface area contributed by atoms with Crippen LogP contribution in [0.15, 0.2) is 15.8 Å². The number of aryl methyl sites for hydroxylation is 1. The first kappa shape index (κ1) is 14.0. The molecule has 0 unspecified atom stereocenters. The molecule has 0 radical (unpaired) electrons. The van der Waals surface area contributed by atoms with E-state index in [9.17, 15) is 14.4 Å². The lowest BCUT2D eigenvalue weighted by atomic mass is 10.3. The SMILES string of the molecule is Cn1cc(CNCCOC(N)=O)c(=O)n(C)c1=O. The molecule has 0 bridgehead atoms. The van der Waals surface area contributed by atoms with E-state index in [1.54, 1.807) is 7.05 Å². The minimum absolute atomic E-state index is 0.126. The van der Waals surface area contributed by atoms with Gasteiger partial charge in [-0.15, -0.1) is 0 Å². The number of nitrogens with one attached hydrogen (secondary N) is 1. The van der Waals surface area contributed by atoms with E-state index in [1.165, 1.54) is 17.8 Å². The number of aromatic nitrogens is 2. The second-order valence-electron chi connectivity index (χ2n) is 3.76. The third-order valence-electron chi connectivity index (χ3n) is 2.36. The second-order valence-corrected chi connectivity index (χ2v) is 3.76. The fourth-order valence-corrected chi connectivity index (χ4v) is 1.45. The van der Waals surface area contributed by atoms with Crippen molar-refractivity contribution in [2.24, 2.45) is 19.8 Å². The van der Waals surface area contributed by atoms with Gasteiger partial charge in [-0.3, -0.25) is 9.36 Å². The molecule has 0 aliphatic heterocycles. The lowest BCUT2D eigenvalue weighted by Crippen LogP contribution is -2.39. The fraction of sp³-hybridized carbons (Fsp3) is 0.500. The first-order chi connectivity index (χ1) is 8.43. The van der Waals surface area contributed by atoms with Gasteiger partial charge in [0.05, 0.1) is 0 Å². The van der Waals surface area contributed by atoms with Crippen LogP contribution >= 0.6 is 0 Å². The summed E-state index contributed by atoms with van der Waals surface area (Å²) in [6.07, 6.45) is 0.641. The Kier molecular flexibility index (Phi) is 4.67. The highest BCUT2D eigenvalue weighted by atomic mass is 16.5. The quantitative estimate of drug-likeness (QED) is 0.608. The Labute approximate surface area is 103 Å². The predicted octanol–water partition coefficient (Wildman–Crippen LogP) is -1.73.